The fraction of sp³-hybridized carbons (Fsp3) is 0.440. The molecule has 0 spiro atoms. The van der Waals surface area contributed by atoms with E-state index in [0.717, 1.165) is 67.6 Å². The molecular weight excluding hydrogens is 438 g/mol. The Labute approximate surface area is 202 Å². The summed E-state index contributed by atoms with van der Waals surface area (Å²) in [5.41, 5.74) is 12.4. The van der Waals surface area contributed by atoms with Crippen molar-refractivity contribution in [2.75, 3.05) is 32.8 Å². The molecule has 1 heterocycles. The molecule has 2 aromatic rings. The first-order chi connectivity index (χ1) is 15.5. The zero-order valence-corrected chi connectivity index (χ0v) is 19.9. The molecule has 2 aromatic carbocycles. The number of benzene rings is 2. The third kappa shape index (κ3) is 8.94. The van der Waals surface area contributed by atoms with E-state index in [4.69, 9.17) is 31.8 Å². The quantitative estimate of drug-likeness (QED) is 0.211. The molecule has 1 aliphatic heterocycles. The van der Waals surface area contributed by atoms with E-state index in [1.807, 2.05) is 48.5 Å². The van der Waals surface area contributed by atoms with Crippen LogP contribution in [-0.2, 0) is 0 Å². The zero-order chi connectivity index (χ0) is 22.8. The molecule has 0 bridgehead atoms. The van der Waals surface area contributed by atoms with Crippen molar-refractivity contribution in [3.8, 4) is 11.5 Å². The molecule has 1 aliphatic rings. The van der Waals surface area contributed by atoms with Crippen LogP contribution in [0.2, 0.25) is 0 Å². The summed E-state index contributed by atoms with van der Waals surface area (Å²) >= 11 is 0. The highest BCUT2D eigenvalue weighted by Gasteiger charge is 2.18. The lowest BCUT2D eigenvalue weighted by Crippen LogP contribution is -2.35. The summed E-state index contributed by atoms with van der Waals surface area (Å²) in [6, 6.07) is 14.8. The van der Waals surface area contributed by atoms with Gasteiger partial charge in [-0.25, -0.2) is 0 Å². The zero-order valence-electron chi connectivity index (χ0n) is 19.1. The number of nitrogens with zero attached hydrogens (tertiary/aromatic N) is 1. The molecule has 0 aliphatic carbocycles. The number of nitrogen functional groups attached to an aromatic ring is 2. The number of rotatable bonds is 12. The second-order valence-corrected chi connectivity index (χ2v) is 8.35. The Morgan fingerprint density at radius 3 is 1.70 bits per heavy atom. The minimum absolute atomic E-state index is 0. The predicted molar refractivity (Wildman–Crippen MR) is 136 cm³/mol. The highest BCUT2D eigenvalue weighted by molar-refractivity contribution is 5.95. The minimum Gasteiger partial charge on any atom is -0.494 e. The molecule has 0 unspecified atom stereocenters. The predicted octanol–water partition coefficient (Wildman–Crippen LogP) is 4.02. The molecular formula is C25H36ClN5O2. The maximum atomic E-state index is 7.42. The number of hydrogen-bond acceptors (Lipinski definition) is 5. The molecule has 7 nitrogen and oxygen atoms in total. The minimum atomic E-state index is 0. The third-order valence-corrected chi connectivity index (χ3v) is 5.95. The summed E-state index contributed by atoms with van der Waals surface area (Å²) in [4.78, 5) is 2.53. The van der Waals surface area contributed by atoms with Crippen LogP contribution in [0.5, 0.6) is 11.5 Å². The summed E-state index contributed by atoms with van der Waals surface area (Å²) in [6.45, 7) is 4.81. The van der Waals surface area contributed by atoms with Crippen LogP contribution >= 0.6 is 12.4 Å². The Morgan fingerprint density at radius 2 is 1.24 bits per heavy atom. The van der Waals surface area contributed by atoms with E-state index < -0.39 is 0 Å². The molecule has 0 saturated carbocycles. The number of hydrogen-bond donors (Lipinski definition) is 4. The average Bonchev–Trinajstić information content (AvgIpc) is 2.81. The largest absolute Gasteiger partial charge is 0.494 e. The van der Waals surface area contributed by atoms with Crippen molar-refractivity contribution < 1.29 is 9.47 Å². The maximum Gasteiger partial charge on any atom is 0.122 e. The Hall–Kier alpha value is -2.77. The number of ether oxygens (including phenoxy) is 2. The van der Waals surface area contributed by atoms with Gasteiger partial charge in [-0.05, 0) is 99.6 Å². The van der Waals surface area contributed by atoms with E-state index >= 15 is 0 Å². The van der Waals surface area contributed by atoms with Gasteiger partial charge in [-0.1, -0.05) is 0 Å². The van der Waals surface area contributed by atoms with E-state index in [2.05, 4.69) is 4.90 Å². The van der Waals surface area contributed by atoms with E-state index in [1.165, 1.54) is 19.3 Å². The fourth-order valence-electron chi connectivity index (χ4n) is 4.00. The van der Waals surface area contributed by atoms with Gasteiger partial charge in [-0.3, -0.25) is 10.8 Å². The third-order valence-electron chi connectivity index (χ3n) is 5.95. The van der Waals surface area contributed by atoms with Gasteiger partial charge in [0, 0.05) is 17.7 Å². The summed E-state index contributed by atoms with van der Waals surface area (Å²) in [6.07, 6.45) is 5.78. The Balaban J connectivity index is 0.00000385. The van der Waals surface area contributed by atoms with Gasteiger partial charge in [0.25, 0.3) is 0 Å². The fourth-order valence-corrected chi connectivity index (χ4v) is 4.00. The van der Waals surface area contributed by atoms with Crippen LogP contribution < -0.4 is 20.9 Å². The van der Waals surface area contributed by atoms with Crippen molar-refractivity contribution in [2.45, 2.75) is 32.1 Å². The number of likely N-dealkylation sites (tertiary alicyclic amines) is 1. The molecule has 0 aromatic heterocycles. The number of nitrogens with one attached hydrogen (secondary N) is 2. The summed E-state index contributed by atoms with van der Waals surface area (Å²) in [7, 11) is 0. The van der Waals surface area contributed by atoms with Crippen molar-refractivity contribution in [1.29, 1.82) is 10.8 Å². The van der Waals surface area contributed by atoms with Crippen molar-refractivity contribution in [3.05, 3.63) is 59.7 Å². The SMILES string of the molecule is Cl.N=C(N)c1ccc(OCCCC2CCN(CCCOc3ccc(C(=N)N)cc3)CC2)cc1. The van der Waals surface area contributed by atoms with Crippen LogP contribution in [0.15, 0.2) is 48.5 Å². The second kappa shape index (κ2) is 13.7. The summed E-state index contributed by atoms with van der Waals surface area (Å²) in [5, 5.41) is 14.8. The normalized spacial score (nSPS) is 14.3. The lowest BCUT2D eigenvalue weighted by Gasteiger charge is -2.32. The van der Waals surface area contributed by atoms with E-state index in [0.29, 0.717) is 6.61 Å². The number of nitrogens with two attached hydrogens (primary N) is 2. The Kier molecular flexibility index (Phi) is 11.0. The van der Waals surface area contributed by atoms with Gasteiger partial charge in [0.05, 0.1) is 13.2 Å². The van der Waals surface area contributed by atoms with Crippen molar-refractivity contribution >= 4 is 24.1 Å². The molecule has 0 radical (unpaired) electrons. The van der Waals surface area contributed by atoms with Gasteiger partial charge in [0.15, 0.2) is 0 Å². The first kappa shape index (κ1) is 26.5. The Morgan fingerprint density at radius 1 is 0.788 bits per heavy atom. The number of amidine groups is 2. The van der Waals surface area contributed by atoms with Crippen molar-refractivity contribution in [3.63, 3.8) is 0 Å². The van der Waals surface area contributed by atoms with Gasteiger partial charge in [0.2, 0.25) is 0 Å². The topological polar surface area (TPSA) is 121 Å². The lowest BCUT2D eigenvalue weighted by atomic mass is 9.92. The Bertz CT molecular complexity index is 792. The molecule has 0 atom stereocenters. The van der Waals surface area contributed by atoms with Crippen LogP contribution in [0.3, 0.4) is 0 Å². The molecule has 180 valence electrons. The molecule has 1 fully saturated rings. The van der Waals surface area contributed by atoms with E-state index in [9.17, 15) is 0 Å². The number of piperidine rings is 1. The van der Waals surface area contributed by atoms with Crippen molar-refractivity contribution in [1.82, 2.24) is 4.90 Å². The second-order valence-electron chi connectivity index (χ2n) is 8.35. The van der Waals surface area contributed by atoms with E-state index in [-0.39, 0.29) is 24.1 Å². The molecule has 33 heavy (non-hydrogen) atoms. The first-order valence-corrected chi connectivity index (χ1v) is 11.4. The summed E-state index contributed by atoms with van der Waals surface area (Å²) in [5.74, 6) is 2.60. The lowest BCUT2D eigenvalue weighted by molar-refractivity contribution is 0.161. The van der Waals surface area contributed by atoms with Gasteiger partial charge >= 0.3 is 0 Å². The van der Waals surface area contributed by atoms with Crippen molar-refractivity contribution in [2.24, 2.45) is 17.4 Å². The van der Waals surface area contributed by atoms with E-state index in [1.54, 1.807) is 0 Å². The first-order valence-electron chi connectivity index (χ1n) is 11.4. The van der Waals surface area contributed by atoms with Crippen LogP contribution in [0, 0.1) is 16.7 Å². The average molecular weight is 474 g/mol. The van der Waals surface area contributed by atoms with Gasteiger partial charge < -0.3 is 25.8 Å². The van der Waals surface area contributed by atoms with Crippen LogP contribution in [0.25, 0.3) is 0 Å². The highest BCUT2D eigenvalue weighted by Crippen LogP contribution is 2.22. The molecule has 0 amide bonds. The highest BCUT2D eigenvalue weighted by atomic mass is 35.5. The van der Waals surface area contributed by atoms with Crippen LogP contribution in [0.1, 0.15) is 43.2 Å². The summed E-state index contributed by atoms with van der Waals surface area (Å²) < 4.78 is 11.6. The molecule has 8 heteroatoms. The van der Waals surface area contributed by atoms with Crippen LogP contribution in [0.4, 0.5) is 0 Å². The van der Waals surface area contributed by atoms with Crippen LogP contribution in [-0.4, -0.2) is 49.4 Å². The maximum absolute atomic E-state index is 7.42. The number of halogens is 1. The smallest absolute Gasteiger partial charge is 0.122 e. The standard InChI is InChI=1S/C25H35N5O2.ClH/c26-24(27)20-4-8-22(9-5-20)31-17-1-3-19-12-15-30(16-13-19)14-2-18-32-23-10-6-21(7-11-23)25(28)29;/h4-11,19H,1-3,12-18H2,(H3,26,27)(H3,28,29);1H. The van der Waals surface area contributed by atoms with Gasteiger partial charge in [0.1, 0.15) is 23.2 Å². The molecule has 1 saturated heterocycles. The van der Waals surface area contributed by atoms with Gasteiger partial charge in [-0.2, -0.15) is 0 Å². The monoisotopic (exact) mass is 473 g/mol. The van der Waals surface area contributed by atoms with Gasteiger partial charge in [-0.15, -0.1) is 12.4 Å². The molecule has 6 N–H and O–H groups in total. The molecule has 3 rings (SSSR count).